The maximum atomic E-state index is 11.3. The van der Waals surface area contributed by atoms with Crippen LogP contribution in [0.2, 0.25) is 0 Å². The van der Waals surface area contributed by atoms with Crippen LogP contribution in [0.5, 0.6) is 0 Å². The Morgan fingerprint density at radius 2 is 2.07 bits per heavy atom. The molecular weight excluding hydrogens is 196 g/mol. The van der Waals surface area contributed by atoms with Gasteiger partial charge in [-0.3, -0.25) is 4.90 Å². The molecule has 2 aliphatic rings. The third kappa shape index (κ3) is 2.41. The fourth-order valence-electron chi connectivity index (χ4n) is 2.17. The maximum Gasteiger partial charge on any atom is 0.410 e. The van der Waals surface area contributed by atoms with E-state index in [4.69, 9.17) is 9.84 Å². The predicted molar refractivity (Wildman–Crippen MR) is 54.6 cm³/mol. The molecule has 1 unspecified atom stereocenters. The van der Waals surface area contributed by atoms with Crippen molar-refractivity contribution >= 4 is 6.09 Å². The van der Waals surface area contributed by atoms with Gasteiger partial charge in [0.2, 0.25) is 0 Å². The van der Waals surface area contributed by atoms with Gasteiger partial charge in [-0.15, -0.1) is 0 Å². The molecule has 0 aromatic heterocycles. The Bertz CT molecular complexity index is 229. The quantitative estimate of drug-likeness (QED) is 0.710. The Hall–Kier alpha value is -0.810. The molecule has 5 nitrogen and oxygen atoms in total. The third-order valence-electron chi connectivity index (χ3n) is 3.14. The monoisotopic (exact) mass is 214 g/mol. The number of carbonyl (C=O) groups excluding carboxylic acids is 1. The second kappa shape index (κ2) is 4.81. The minimum Gasteiger partial charge on any atom is -0.447 e. The Kier molecular flexibility index (Phi) is 3.43. The van der Waals surface area contributed by atoms with Gasteiger partial charge in [0.25, 0.3) is 0 Å². The summed E-state index contributed by atoms with van der Waals surface area (Å²) in [4.78, 5) is 15.3. The first-order valence-electron chi connectivity index (χ1n) is 5.58. The Balaban J connectivity index is 1.78. The van der Waals surface area contributed by atoms with E-state index in [0.717, 1.165) is 19.6 Å². The molecule has 2 aliphatic heterocycles. The van der Waals surface area contributed by atoms with Gasteiger partial charge in [-0.2, -0.15) is 0 Å². The molecule has 0 spiro atoms. The molecule has 0 aromatic carbocycles. The van der Waals surface area contributed by atoms with Gasteiger partial charge < -0.3 is 14.7 Å². The molecule has 1 N–H and O–H groups in total. The molecule has 2 fully saturated rings. The minimum atomic E-state index is -0.284. The first-order valence-corrected chi connectivity index (χ1v) is 5.58. The minimum absolute atomic E-state index is 0.00819. The van der Waals surface area contributed by atoms with Gasteiger partial charge in [0.1, 0.15) is 6.61 Å². The lowest BCUT2D eigenvalue weighted by atomic mass is 10.3. The number of nitrogens with zero attached hydrogens (tertiary/aromatic N) is 2. The predicted octanol–water partition coefficient (Wildman–Crippen LogP) is -0.105. The summed E-state index contributed by atoms with van der Waals surface area (Å²) in [6.07, 6.45) is 2.23. The fourth-order valence-corrected chi connectivity index (χ4v) is 2.17. The second-order valence-corrected chi connectivity index (χ2v) is 4.16. The molecule has 1 atom stereocenters. The SMILES string of the molecule is O=C1OCC(CO)N1CCN1CCCC1. The van der Waals surface area contributed by atoms with E-state index < -0.39 is 0 Å². The zero-order valence-electron chi connectivity index (χ0n) is 8.89. The Morgan fingerprint density at radius 3 is 2.73 bits per heavy atom. The van der Waals surface area contributed by atoms with Crippen molar-refractivity contribution in [3.8, 4) is 0 Å². The van der Waals surface area contributed by atoms with E-state index in [2.05, 4.69) is 4.90 Å². The van der Waals surface area contributed by atoms with E-state index in [1.54, 1.807) is 4.90 Å². The zero-order valence-corrected chi connectivity index (χ0v) is 8.89. The summed E-state index contributed by atoms with van der Waals surface area (Å²) in [5.74, 6) is 0. The van der Waals surface area contributed by atoms with Crippen LogP contribution in [0.3, 0.4) is 0 Å². The molecule has 0 aromatic rings. The lowest BCUT2D eigenvalue weighted by Crippen LogP contribution is -2.41. The van der Waals surface area contributed by atoms with Crippen LogP contribution in [0.15, 0.2) is 0 Å². The third-order valence-corrected chi connectivity index (χ3v) is 3.14. The molecule has 1 amide bonds. The summed E-state index contributed by atoms with van der Waals surface area (Å²) >= 11 is 0. The number of cyclic esters (lactones) is 1. The van der Waals surface area contributed by atoms with Gasteiger partial charge >= 0.3 is 6.09 Å². The van der Waals surface area contributed by atoms with Crippen LogP contribution in [0.25, 0.3) is 0 Å². The first kappa shape index (κ1) is 10.7. The van der Waals surface area contributed by atoms with Crippen molar-refractivity contribution in [1.29, 1.82) is 0 Å². The zero-order chi connectivity index (χ0) is 10.7. The smallest absolute Gasteiger partial charge is 0.410 e. The van der Waals surface area contributed by atoms with E-state index in [0.29, 0.717) is 13.2 Å². The molecule has 0 saturated carbocycles. The topological polar surface area (TPSA) is 53.0 Å². The van der Waals surface area contributed by atoms with E-state index in [1.807, 2.05) is 0 Å². The summed E-state index contributed by atoms with van der Waals surface area (Å²) < 4.78 is 4.89. The number of aliphatic hydroxyl groups excluding tert-OH is 1. The number of hydrogen-bond acceptors (Lipinski definition) is 4. The van der Waals surface area contributed by atoms with Crippen molar-refractivity contribution in [3.05, 3.63) is 0 Å². The molecule has 0 aliphatic carbocycles. The van der Waals surface area contributed by atoms with Gasteiger partial charge in [-0.05, 0) is 25.9 Å². The summed E-state index contributed by atoms with van der Waals surface area (Å²) in [6.45, 7) is 4.15. The van der Waals surface area contributed by atoms with Crippen LogP contribution in [0, 0.1) is 0 Å². The normalized spacial score (nSPS) is 27.4. The summed E-state index contributed by atoms with van der Waals surface area (Å²) in [5.41, 5.74) is 0. The van der Waals surface area contributed by atoms with Gasteiger partial charge in [0.05, 0.1) is 12.6 Å². The molecular formula is C10H18N2O3. The largest absolute Gasteiger partial charge is 0.447 e. The van der Waals surface area contributed by atoms with Gasteiger partial charge in [-0.1, -0.05) is 0 Å². The van der Waals surface area contributed by atoms with Crippen molar-refractivity contribution < 1.29 is 14.6 Å². The highest BCUT2D eigenvalue weighted by Gasteiger charge is 2.32. The lowest BCUT2D eigenvalue weighted by molar-refractivity contribution is 0.147. The van der Waals surface area contributed by atoms with Gasteiger partial charge in [0.15, 0.2) is 0 Å². The molecule has 15 heavy (non-hydrogen) atoms. The van der Waals surface area contributed by atoms with Gasteiger partial charge in [0, 0.05) is 13.1 Å². The number of carbonyl (C=O) groups is 1. The highest BCUT2D eigenvalue weighted by molar-refractivity contribution is 5.70. The van der Waals surface area contributed by atoms with Crippen molar-refractivity contribution in [1.82, 2.24) is 9.80 Å². The van der Waals surface area contributed by atoms with Crippen LogP contribution in [0.1, 0.15) is 12.8 Å². The van der Waals surface area contributed by atoms with Crippen LogP contribution in [-0.2, 0) is 4.74 Å². The summed E-state index contributed by atoms with van der Waals surface area (Å²) in [7, 11) is 0. The van der Waals surface area contributed by atoms with Crippen molar-refractivity contribution in [3.63, 3.8) is 0 Å². The van der Waals surface area contributed by atoms with E-state index in [-0.39, 0.29) is 18.7 Å². The lowest BCUT2D eigenvalue weighted by Gasteiger charge is -2.22. The first-order chi connectivity index (χ1) is 7.31. The van der Waals surface area contributed by atoms with Crippen LogP contribution in [0.4, 0.5) is 4.79 Å². The molecule has 5 heteroatoms. The van der Waals surface area contributed by atoms with Gasteiger partial charge in [-0.25, -0.2) is 4.79 Å². The van der Waals surface area contributed by atoms with Crippen LogP contribution in [-0.4, -0.2) is 66.4 Å². The molecule has 0 radical (unpaired) electrons. The van der Waals surface area contributed by atoms with E-state index in [1.165, 1.54) is 12.8 Å². The number of ether oxygens (including phenoxy) is 1. The van der Waals surface area contributed by atoms with Crippen LogP contribution < -0.4 is 0 Å². The summed E-state index contributed by atoms with van der Waals surface area (Å²) in [6, 6.07) is -0.139. The molecule has 2 saturated heterocycles. The van der Waals surface area contributed by atoms with Crippen molar-refractivity contribution in [2.24, 2.45) is 0 Å². The van der Waals surface area contributed by atoms with E-state index in [9.17, 15) is 4.79 Å². The molecule has 2 rings (SSSR count). The maximum absolute atomic E-state index is 11.3. The number of likely N-dealkylation sites (tertiary alicyclic amines) is 1. The Labute approximate surface area is 89.6 Å². The van der Waals surface area contributed by atoms with Crippen molar-refractivity contribution in [2.45, 2.75) is 18.9 Å². The Morgan fingerprint density at radius 1 is 1.33 bits per heavy atom. The average Bonchev–Trinajstić information content (AvgIpc) is 2.84. The number of aliphatic hydroxyl groups is 1. The fraction of sp³-hybridized carbons (Fsp3) is 0.900. The number of hydrogen-bond donors (Lipinski definition) is 1. The highest BCUT2D eigenvalue weighted by atomic mass is 16.6. The second-order valence-electron chi connectivity index (χ2n) is 4.16. The highest BCUT2D eigenvalue weighted by Crippen LogP contribution is 2.13. The molecule has 0 bridgehead atoms. The average molecular weight is 214 g/mol. The van der Waals surface area contributed by atoms with E-state index >= 15 is 0 Å². The standard InChI is InChI=1S/C10H18N2O3/c13-7-9-8-15-10(14)12(9)6-5-11-3-1-2-4-11/h9,13H,1-8H2. The molecule has 2 heterocycles. The number of amides is 1. The van der Waals surface area contributed by atoms with Crippen LogP contribution >= 0.6 is 0 Å². The summed E-state index contributed by atoms with van der Waals surface area (Å²) in [5, 5.41) is 9.06. The molecule has 86 valence electrons. The number of rotatable bonds is 4. The van der Waals surface area contributed by atoms with Crippen molar-refractivity contribution in [2.75, 3.05) is 39.4 Å².